The van der Waals surface area contributed by atoms with Crippen LogP contribution in [0.1, 0.15) is 0 Å². The van der Waals surface area contributed by atoms with Crippen LogP contribution in [0.25, 0.3) is 11.3 Å². The van der Waals surface area contributed by atoms with E-state index in [0.29, 0.717) is 17.1 Å². The second kappa shape index (κ2) is 3.78. The van der Waals surface area contributed by atoms with Gasteiger partial charge >= 0.3 is 0 Å². The van der Waals surface area contributed by atoms with E-state index >= 15 is 0 Å². The summed E-state index contributed by atoms with van der Waals surface area (Å²) in [5.74, 6) is 1.09. The molecule has 6 heteroatoms. The molecule has 0 bridgehead atoms. The summed E-state index contributed by atoms with van der Waals surface area (Å²) in [6.45, 7) is 0. The SMILES string of the molecule is COc1cnccc1-c1onc(N)c1Cl. The van der Waals surface area contributed by atoms with E-state index in [4.69, 9.17) is 26.6 Å². The Kier molecular flexibility index (Phi) is 2.47. The fourth-order valence-electron chi connectivity index (χ4n) is 1.19. The van der Waals surface area contributed by atoms with Gasteiger partial charge in [0.15, 0.2) is 11.6 Å². The first-order valence-corrected chi connectivity index (χ1v) is 4.51. The van der Waals surface area contributed by atoms with Crippen molar-refractivity contribution in [3.63, 3.8) is 0 Å². The molecule has 0 atom stereocenters. The molecule has 2 N–H and O–H groups in total. The van der Waals surface area contributed by atoms with Gasteiger partial charge in [-0.25, -0.2) is 0 Å². The van der Waals surface area contributed by atoms with Crippen LogP contribution in [0.4, 0.5) is 5.82 Å². The predicted molar refractivity (Wildman–Crippen MR) is 55.7 cm³/mol. The van der Waals surface area contributed by atoms with Gasteiger partial charge in [-0.2, -0.15) is 0 Å². The molecule has 0 radical (unpaired) electrons. The maximum atomic E-state index is 5.92. The summed E-state index contributed by atoms with van der Waals surface area (Å²) >= 11 is 5.92. The van der Waals surface area contributed by atoms with Crippen molar-refractivity contribution < 1.29 is 9.26 Å². The van der Waals surface area contributed by atoms with Gasteiger partial charge in [-0.15, -0.1) is 0 Å². The van der Waals surface area contributed by atoms with Crippen molar-refractivity contribution in [3.8, 4) is 17.1 Å². The highest BCUT2D eigenvalue weighted by atomic mass is 35.5. The molecule has 0 fully saturated rings. The predicted octanol–water partition coefficient (Wildman–Crippen LogP) is 1.98. The third kappa shape index (κ3) is 1.61. The van der Waals surface area contributed by atoms with Crippen LogP contribution >= 0.6 is 11.6 Å². The minimum absolute atomic E-state index is 0.158. The minimum Gasteiger partial charge on any atom is -0.494 e. The lowest BCUT2D eigenvalue weighted by atomic mass is 10.2. The van der Waals surface area contributed by atoms with E-state index in [1.807, 2.05) is 0 Å². The molecular weight excluding hydrogens is 218 g/mol. The van der Waals surface area contributed by atoms with E-state index in [9.17, 15) is 0 Å². The number of methoxy groups -OCH3 is 1. The van der Waals surface area contributed by atoms with Crippen LogP contribution in [0.15, 0.2) is 23.0 Å². The van der Waals surface area contributed by atoms with Crippen LogP contribution in [0.5, 0.6) is 5.75 Å². The Morgan fingerprint density at radius 2 is 2.33 bits per heavy atom. The number of halogens is 1. The van der Waals surface area contributed by atoms with E-state index in [-0.39, 0.29) is 10.8 Å². The van der Waals surface area contributed by atoms with Crippen LogP contribution in [0.3, 0.4) is 0 Å². The third-order valence-electron chi connectivity index (χ3n) is 1.91. The number of rotatable bonds is 2. The van der Waals surface area contributed by atoms with Gasteiger partial charge in [0.2, 0.25) is 0 Å². The number of anilines is 1. The Labute approximate surface area is 90.8 Å². The zero-order chi connectivity index (χ0) is 10.8. The van der Waals surface area contributed by atoms with Gasteiger partial charge in [0, 0.05) is 6.20 Å². The molecule has 5 nitrogen and oxygen atoms in total. The lowest BCUT2D eigenvalue weighted by Crippen LogP contribution is -1.88. The maximum Gasteiger partial charge on any atom is 0.191 e. The molecule has 0 aliphatic heterocycles. The molecule has 0 aliphatic carbocycles. The van der Waals surface area contributed by atoms with E-state index in [2.05, 4.69) is 10.1 Å². The largest absolute Gasteiger partial charge is 0.494 e. The van der Waals surface area contributed by atoms with Crippen LogP contribution in [-0.2, 0) is 0 Å². The first-order valence-electron chi connectivity index (χ1n) is 4.13. The molecule has 78 valence electrons. The number of ether oxygens (including phenoxy) is 1. The molecular formula is C9H8ClN3O2. The number of nitrogens with two attached hydrogens (primary N) is 1. The van der Waals surface area contributed by atoms with E-state index in [1.54, 1.807) is 18.5 Å². The van der Waals surface area contributed by atoms with Crippen molar-refractivity contribution in [2.75, 3.05) is 12.8 Å². The highest BCUT2D eigenvalue weighted by Gasteiger charge is 2.17. The quantitative estimate of drug-likeness (QED) is 0.846. The van der Waals surface area contributed by atoms with Gasteiger partial charge in [-0.05, 0) is 6.07 Å². The molecule has 2 heterocycles. The first-order chi connectivity index (χ1) is 7.24. The number of nitrogen functional groups attached to an aromatic ring is 1. The standard InChI is InChI=1S/C9H8ClN3O2/c1-14-6-4-12-3-2-5(6)8-7(10)9(11)13-15-8/h2-4H,1H3,(H2,11,13). The van der Waals surface area contributed by atoms with Crippen LogP contribution in [0.2, 0.25) is 5.02 Å². The van der Waals surface area contributed by atoms with Crippen LogP contribution in [-0.4, -0.2) is 17.3 Å². The molecule has 2 aromatic rings. The second-order valence-corrected chi connectivity index (χ2v) is 3.16. The maximum absolute atomic E-state index is 5.92. The zero-order valence-electron chi connectivity index (χ0n) is 7.90. The Morgan fingerprint density at radius 3 is 2.93 bits per heavy atom. The summed E-state index contributed by atoms with van der Waals surface area (Å²) in [6, 6.07) is 1.71. The lowest BCUT2D eigenvalue weighted by molar-refractivity contribution is 0.405. The number of pyridine rings is 1. The van der Waals surface area contributed by atoms with Crippen molar-refractivity contribution >= 4 is 17.4 Å². The van der Waals surface area contributed by atoms with Crippen molar-refractivity contribution in [1.29, 1.82) is 0 Å². The molecule has 15 heavy (non-hydrogen) atoms. The summed E-state index contributed by atoms with van der Waals surface area (Å²) < 4.78 is 10.1. The molecule has 0 saturated heterocycles. The summed E-state index contributed by atoms with van der Waals surface area (Å²) in [4.78, 5) is 3.92. The van der Waals surface area contributed by atoms with E-state index in [1.165, 1.54) is 7.11 Å². The van der Waals surface area contributed by atoms with Gasteiger partial charge in [-0.3, -0.25) is 4.98 Å². The van der Waals surface area contributed by atoms with E-state index < -0.39 is 0 Å². The first kappa shape index (κ1) is 9.79. The van der Waals surface area contributed by atoms with Gasteiger partial charge < -0.3 is 15.0 Å². The summed E-state index contributed by atoms with van der Waals surface area (Å²) in [6.07, 6.45) is 3.16. The third-order valence-corrected chi connectivity index (χ3v) is 2.27. The smallest absolute Gasteiger partial charge is 0.191 e. The van der Waals surface area contributed by atoms with Crippen molar-refractivity contribution in [3.05, 3.63) is 23.5 Å². The Hall–Kier alpha value is -1.75. The fraction of sp³-hybridized carbons (Fsp3) is 0.111. The summed E-state index contributed by atoms with van der Waals surface area (Å²) in [5, 5.41) is 3.84. The molecule has 2 rings (SSSR count). The fourth-order valence-corrected chi connectivity index (χ4v) is 1.36. The number of aromatic nitrogens is 2. The van der Waals surface area contributed by atoms with Crippen molar-refractivity contribution in [2.24, 2.45) is 0 Å². The van der Waals surface area contributed by atoms with Gasteiger partial charge in [0.1, 0.15) is 10.8 Å². The summed E-state index contributed by atoms with van der Waals surface area (Å²) in [7, 11) is 1.54. The normalized spacial score (nSPS) is 10.3. The molecule has 0 amide bonds. The van der Waals surface area contributed by atoms with Gasteiger partial charge in [-0.1, -0.05) is 16.8 Å². The average molecular weight is 226 g/mol. The highest BCUT2D eigenvalue weighted by Crippen LogP contribution is 2.36. The number of hydrogen-bond acceptors (Lipinski definition) is 5. The number of nitrogens with zero attached hydrogens (tertiary/aromatic N) is 2. The van der Waals surface area contributed by atoms with E-state index in [0.717, 1.165) is 0 Å². The van der Waals surface area contributed by atoms with Gasteiger partial charge in [0.05, 0.1) is 18.9 Å². The molecule has 0 unspecified atom stereocenters. The number of hydrogen-bond donors (Lipinski definition) is 1. The van der Waals surface area contributed by atoms with Crippen LogP contribution in [0, 0.1) is 0 Å². The highest BCUT2D eigenvalue weighted by molar-refractivity contribution is 6.35. The average Bonchev–Trinajstić information content (AvgIpc) is 2.60. The Bertz CT molecular complexity index is 484. The zero-order valence-corrected chi connectivity index (χ0v) is 8.65. The molecule has 0 saturated carbocycles. The topological polar surface area (TPSA) is 74.2 Å². The molecule has 0 aliphatic rings. The van der Waals surface area contributed by atoms with Gasteiger partial charge in [0.25, 0.3) is 0 Å². The second-order valence-electron chi connectivity index (χ2n) is 2.79. The van der Waals surface area contributed by atoms with Crippen LogP contribution < -0.4 is 10.5 Å². The lowest BCUT2D eigenvalue weighted by Gasteiger charge is -2.03. The summed E-state index contributed by atoms with van der Waals surface area (Å²) in [5.41, 5.74) is 6.14. The molecule has 0 aromatic carbocycles. The monoisotopic (exact) mass is 225 g/mol. The molecule has 2 aromatic heterocycles. The Balaban J connectivity index is 2.58. The van der Waals surface area contributed by atoms with Crippen molar-refractivity contribution in [1.82, 2.24) is 10.1 Å². The minimum atomic E-state index is 0.158. The molecule has 0 spiro atoms. The van der Waals surface area contributed by atoms with Crippen molar-refractivity contribution in [2.45, 2.75) is 0 Å². The Morgan fingerprint density at radius 1 is 1.53 bits per heavy atom.